The van der Waals surface area contributed by atoms with Crippen molar-refractivity contribution in [3.63, 3.8) is 0 Å². The van der Waals surface area contributed by atoms with Gasteiger partial charge in [-0.2, -0.15) is 0 Å². The molecule has 0 aromatic carbocycles. The maximum atomic E-state index is 6.05. The minimum Gasteiger partial charge on any atom is -0.315 e. The van der Waals surface area contributed by atoms with Gasteiger partial charge >= 0.3 is 0 Å². The maximum absolute atomic E-state index is 6.05. The summed E-state index contributed by atoms with van der Waals surface area (Å²) in [4.78, 5) is 0. The third kappa shape index (κ3) is 6.93. The standard InChI is InChI=1S/C10H22ClN/c1-4-6-10(11)8-12-7-9(3)5-2/h9-10,12H,4-8H2,1-3H3. The van der Waals surface area contributed by atoms with Crippen LogP contribution >= 0.6 is 11.6 Å². The summed E-state index contributed by atoms with van der Waals surface area (Å²) < 4.78 is 0. The summed E-state index contributed by atoms with van der Waals surface area (Å²) in [6, 6.07) is 0. The highest BCUT2D eigenvalue weighted by atomic mass is 35.5. The Labute approximate surface area is 81.9 Å². The highest BCUT2D eigenvalue weighted by Crippen LogP contribution is 2.04. The quantitative estimate of drug-likeness (QED) is 0.611. The van der Waals surface area contributed by atoms with Crippen molar-refractivity contribution in [2.75, 3.05) is 13.1 Å². The molecule has 0 bridgehead atoms. The van der Waals surface area contributed by atoms with Crippen LogP contribution in [0.5, 0.6) is 0 Å². The fourth-order valence-electron chi connectivity index (χ4n) is 1.05. The lowest BCUT2D eigenvalue weighted by Crippen LogP contribution is -2.27. The van der Waals surface area contributed by atoms with Crippen LogP contribution in [0.2, 0.25) is 0 Å². The van der Waals surface area contributed by atoms with Gasteiger partial charge in [0.05, 0.1) is 0 Å². The zero-order valence-electron chi connectivity index (χ0n) is 8.57. The molecule has 0 aliphatic carbocycles. The lowest BCUT2D eigenvalue weighted by Gasteiger charge is -2.12. The Morgan fingerprint density at radius 2 is 1.92 bits per heavy atom. The molecule has 74 valence electrons. The van der Waals surface area contributed by atoms with Gasteiger partial charge in [0, 0.05) is 11.9 Å². The molecule has 0 aliphatic heterocycles. The molecule has 0 heterocycles. The van der Waals surface area contributed by atoms with E-state index in [1.165, 1.54) is 12.8 Å². The average Bonchev–Trinajstić information content (AvgIpc) is 2.04. The zero-order chi connectivity index (χ0) is 9.40. The van der Waals surface area contributed by atoms with Crippen LogP contribution in [0.3, 0.4) is 0 Å². The minimum atomic E-state index is 0.319. The molecule has 12 heavy (non-hydrogen) atoms. The molecule has 2 atom stereocenters. The Morgan fingerprint density at radius 1 is 1.25 bits per heavy atom. The van der Waals surface area contributed by atoms with Crippen molar-refractivity contribution >= 4 is 11.6 Å². The predicted molar refractivity (Wildman–Crippen MR) is 56.9 cm³/mol. The summed E-state index contributed by atoms with van der Waals surface area (Å²) in [5.41, 5.74) is 0. The molecule has 1 N–H and O–H groups in total. The minimum absolute atomic E-state index is 0.319. The largest absolute Gasteiger partial charge is 0.315 e. The fourth-order valence-corrected chi connectivity index (χ4v) is 1.37. The first kappa shape index (κ1) is 12.2. The molecule has 0 amide bonds. The fraction of sp³-hybridized carbons (Fsp3) is 1.00. The van der Waals surface area contributed by atoms with Crippen LogP contribution in [0.4, 0.5) is 0 Å². The molecule has 0 saturated carbocycles. The molecule has 0 fully saturated rings. The van der Waals surface area contributed by atoms with Crippen LogP contribution in [0.15, 0.2) is 0 Å². The first-order chi connectivity index (χ1) is 5.70. The Balaban J connectivity index is 3.18. The highest BCUT2D eigenvalue weighted by Gasteiger charge is 2.03. The van der Waals surface area contributed by atoms with Crippen molar-refractivity contribution in [1.82, 2.24) is 5.32 Å². The van der Waals surface area contributed by atoms with Crippen LogP contribution in [0.1, 0.15) is 40.0 Å². The van der Waals surface area contributed by atoms with Gasteiger partial charge in [0.25, 0.3) is 0 Å². The second kappa shape index (κ2) is 7.88. The van der Waals surface area contributed by atoms with E-state index in [4.69, 9.17) is 11.6 Å². The molecule has 1 nitrogen and oxygen atoms in total. The van der Waals surface area contributed by atoms with E-state index in [9.17, 15) is 0 Å². The zero-order valence-corrected chi connectivity index (χ0v) is 9.32. The van der Waals surface area contributed by atoms with E-state index in [0.29, 0.717) is 5.38 Å². The molecule has 0 aromatic heterocycles. The molecule has 0 rings (SSSR count). The van der Waals surface area contributed by atoms with E-state index in [-0.39, 0.29) is 0 Å². The Bertz CT molecular complexity index is 95.8. The van der Waals surface area contributed by atoms with Gasteiger partial charge in [-0.15, -0.1) is 11.6 Å². The first-order valence-corrected chi connectivity index (χ1v) is 5.49. The van der Waals surface area contributed by atoms with Crippen molar-refractivity contribution in [2.24, 2.45) is 5.92 Å². The van der Waals surface area contributed by atoms with E-state index in [0.717, 1.165) is 25.4 Å². The van der Waals surface area contributed by atoms with E-state index >= 15 is 0 Å². The molecule has 2 heteroatoms. The highest BCUT2D eigenvalue weighted by molar-refractivity contribution is 6.20. The van der Waals surface area contributed by atoms with E-state index in [1.54, 1.807) is 0 Å². The van der Waals surface area contributed by atoms with E-state index in [2.05, 4.69) is 26.1 Å². The van der Waals surface area contributed by atoms with Gasteiger partial charge in [0.2, 0.25) is 0 Å². The van der Waals surface area contributed by atoms with Crippen molar-refractivity contribution < 1.29 is 0 Å². The third-order valence-electron chi connectivity index (χ3n) is 2.16. The number of hydrogen-bond donors (Lipinski definition) is 1. The summed E-state index contributed by atoms with van der Waals surface area (Å²) in [6.45, 7) is 8.71. The Hall–Kier alpha value is 0.250. The van der Waals surface area contributed by atoms with Crippen LogP contribution in [0.25, 0.3) is 0 Å². The van der Waals surface area contributed by atoms with Crippen molar-refractivity contribution in [2.45, 2.75) is 45.4 Å². The Morgan fingerprint density at radius 3 is 2.42 bits per heavy atom. The lowest BCUT2D eigenvalue weighted by atomic mass is 10.1. The Kier molecular flexibility index (Phi) is 8.04. The molecular formula is C10H22ClN. The average molecular weight is 192 g/mol. The van der Waals surface area contributed by atoms with Crippen LogP contribution < -0.4 is 5.32 Å². The molecule has 0 saturated heterocycles. The van der Waals surface area contributed by atoms with E-state index in [1.807, 2.05) is 0 Å². The first-order valence-electron chi connectivity index (χ1n) is 5.05. The normalized spacial score (nSPS) is 16.0. The second-order valence-electron chi connectivity index (χ2n) is 3.56. The van der Waals surface area contributed by atoms with Crippen LogP contribution in [-0.4, -0.2) is 18.5 Å². The van der Waals surface area contributed by atoms with Gasteiger partial charge in [-0.3, -0.25) is 0 Å². The van der Waals surface area contributed by atoms with E-state index < -0.39 is 0 Å². The summed E-state index contributed by atoms with van der Waals surface area (Å²) in [7, 11) is 0. The number of hydrogen-bond acceptors (Lipinski definition) is 1. The summed E-state index contributed by atoms with van der Waals surface area (Å²) >= 11 is 6.05. The van der Waals surface area contributed by atoms with Crippen molar-refractivity contribution in [1.29, 1.82) is 0 Å². The maximum Gasteiger partial charge on any atom is 0.0460 e. The number of halogens is 1. The van der Waals surface area contributed by atoms with Gasteiger partial charge in [0.1, 0.15) is 0 Å². The van der Waals surface area contributed by atoms with Crippen molar-refractivity contribution in [3.05, 3.63) is 0 Å². The van der Waals surface area contributed by atoms with Gasteiger partial charge in [-0.25, -0.2) is 0 Å². The molecular weight excluding hydrogens is 170 g/mol. The van der Waals surface area contributed by atoms with Crippen molar-refractivity contribution in [3.8, 4) is 0 Å². The molecule has 0 aliphatic rings. The molecule has 0 aromatic rings. The van der Waals surface area contributed by atoms with Crippen LogP contribution in [-0.2, 0) is 0 Å². The summed E-state index contributed by atoms with van der Waals surface area (Å²) in [5, 5.41) is 3.71. The SMILES string of the molecule is CCCC(Cl)CNCC(C)CC. The monoisotopic (exact) mass is 191 g/mol. The van der Waals surface area contributed by atoms with Gasteiger partial charge < -0.3 is 5.32 Å². The molecule has 0 spiro atoms. The second-order valence-corrected chi connectivity index (χ2v) is 4.17. The number of nitrogens with one attached hydrogen (secondary N) is 1. The summed E-state index contributed by atoms with van der Waals surface area (Å²) in [6.07, 6.45) is 3.54. The van der Waals surface area contributed by atoms with Gasteiger partial charge in [-0.05, 0) is 18.9 Å². The smallest absolute Gasteiger partial charge is 0.0460 e. The van der Waals surface area contributed by atoms with Gasteiger partial charge in [-0.1, -0.05) is 33.6 Å². The van der Waals surface area contributed by atoms with Gasteiger partial charge in [0.15, 0.2) is 0 Å². The number of rotatable bonds is 7. The topological polar surface area (TPSA) is 12.0 Å². The van der Waals surface area contributed by atoms with Crippen LogP contribution in [0, 0.1) is 5.92 Å². The predicted octanol–water partition coefficient (Wildman–Crippen LogP) is 3.03. The number of alkyl halides is 1. The molecule has 2 unspecified atom stereocenters. The third-order valence-corrected chi connectivity index (χ3v) is 2.53. The summed E-state index contributed by atoms with van der Waals surface area (Å²) in [5.74, 6) is 0.774. The molecule has 0 radical (unpaired) electrons. The lowest BCUT2D eigenvalue weighted by molar-refractivity contribution is 0.493.